The predicted octanol–water partition coefficient (Wildman–Crippen LogP) is 4.10. The summed E-state index contributed by atoms with van der Waals surface area (Å²) in [4.78, 5) is 52.7. The van der Waals surface area contributed by atoms with Crippen molar-refractivity contribution in [2.24, 2.45) is 5.92 Å². The van der Waals surface area contributed by atoms with Gasteiger partial charge in [0.15, 0.2) is 11.7 Å². The van der Waals surface area contributed by atoms with E-state index >= 15 is 0 Å². The van der Waals surface area contributed by atoms with Crippen LogP contribution in [-0.4, -0.2) is 65.4 Å². The van der Waals surface area contributed by atoms with Gasteiger partial charge >= 0.3 is 17.9 Å². The lowest BCUT2D eigenvalue weighted by molar-refractivity contribution is -0.164. The number of rotatable bonds is 7. The van der Waals surface area contributed by atoms with Gasteiger partial charge in [0.2, 0.25) is 5.78 Å². The van der Waals surface area contributed by atoms with Crippen molar-refractivity contribution in [2.45, 2.75) is 110 Å². The van der Waals surface area contributed by atoms with Gasteiger partial charge in [-0.2, -0.15) is 0 Å². The van der Waals surface area contributed by atoms with Crippen molar-refractivity contribution in [1.82, 2.24) is 0 Å². The molecule has 0 aromatic heterocycles. The third-order valence-electron chi connectivity index (χ3n) is 8.19. The smallest absolute Gasteiger partial charge is 0.334 e. The Hall–Kier alpha value is -3.04. The number of Topliss-reactive ketones (excluding diaryl/α,β-unsaturated/α-hetero) is 1. The highest BCUT2D eigenvalue weighted by atomic mass is 16.7. The number of hydrogen-bond donors (Lipinski definition) is 0. The maximum Gasteiger partial charge on any atom is 0.334 e. The van der Waals surface area contributed by atoms with Crippen LogP contribution >= 0.6 is 0 Å². The van der Waals surface area contributed by atoms with E-state index in [4.69, 9.17) is 23.7 Å². The summed E-state index contributed by atoms with van der Waals surface area (Å²) in [5, 5.41) is 0. The molecule has 1 saturated carbocycles. The monoisotopic (exact) mass is 544 g/mol. The van der Waals surface area contributed by atoms with E-state index < -0.39 is 71.3 Å². The van der Waals surface area contributed by atoms with Crippen molar-refractivity contribution >= 4 is 23.7 Å². The molecule has 2 heterocycles. The van der Waals surface area contributed by atoms with E-state index in [1.165, 1.54) is 0 Å². The molecule has 0 radical (unpaired) electrons. The molecular weight excluding hydrogens is 504 g/mol. The van der Waals surface area contributed by atoms with Gasteiger partial charge in [-0.1, -0.05) is 30.4 Å². The van der Waals surface area contributed by atoms with Crippen molar-refractivity contribution in [3.05, 3.63) is 47.1 Å². The average molecular weight is 545 g/mol. The van der Waals surface area contributed by atoms with Crippen LogP contribution in [-0.2, 0) is 42.9 Å². The van der Waals surface area contributed by atoms with Crippen molar-refractivity contribution in [3.8, 4) is 0 Å². The third-order valence-corrected chi connectivity index (χ3v) is 8.19. The Bertz CT molecular complexity index is 1160. The molecule has 2 saturated heterocycles. The molecule has 3 aliphatic rings. The first-order chi connectivity index (χ1) is 18.2. The first-order valence-electron chi connectivity index (χ1n) is 13.2. The zero-order valence-electron chi connectivity index (χ0n) is 24.3. The zero-order chi connectivity index (χ0) is 29.4. The molecule has 0 unspecified atom stereocenters. The van der Waals surface area contributed by atoms with Crippen LogP contribution in [0.4, 0.5) is 0 Å². The second-order valence-corrected chi connectivity index (χ2v) is 10.9. The number of hydrogen-bond acceptors (Lipinski definition) is 9. The molecule has 9 nitrogen and oxygen atoms in total. The van der Waals surface area contributed by atoms with Crippen molar-refractivity contribution < 1.29 is 42.9 Å². The van der Waals surface area contributed by atoms with Crippen LogP contribution in [0.1, 0.15) is 68.7 Å². The first-order valence-corrected chi connectivity index (χ1v) is 13.2. The van der Waals surface area contributed by atoms with Crippen molar-refractivity contribution in [1.29, 1.82) is 0 Å². The number of fused-ring (bicyclic) bond motifs is 2. The molecule has 9 heteroatoms. The van der Waals surface area contributed by atoms with E-state index in [9.17, 15) is 19.2 Å². The van der Waals surface area contributed by atoms with Crippen LogP contribution in [0.5, 0.6) is 0 Å². The molecule has 0 aromatic carbocycles. The molecule has 39 heavy (non-hydrogen) atoms. The summed E-state index contributed by atoms with van der Waals surface area (Å²) in [7, 11) is 0. The number of epoxide rings is 2. The molecule has 214 valence electrons. The zero-order valence-corrected chi connectivity index (χ0v) is 24.3. The SMILES string of the molecule is C=C(C)[C@H]1[C@H](OC(=O)/C(C)=C\C)[C@@H]2O[C@]2(C)[C@@H](OC(=O)/C(C)=C\C)C[C@H]2O[C@@]2(C)C(=O)[C@H]1OC(=O)/C(C)=C\C. The Morgan fingerprint density at radius 2 is 1.33 bits per heavy atom. The van der Waals surface area contributed by atoms with Crippen LogP contribution < -0.4 is 0 Å². The topological polar surface area (TPSA) is 121 Å². The number of ether oxygens (including phenoxy) is 5. The van der Waals surface area contributed by atoms with E-state index in [0.717, 1.165) is 0 Å². The second kappa shape index (κ2) is 11.2. The number of allylic oxidation sites excluding steroid dienone is 3. The second-order valence-electron chi connectivity index (χ2n) is 10.9. The summed E-state index contributed by atoms with van der Waals surface area (Å²) in [6, 6.07) is 0. The molecule has 0 spiro atoms. The average Bonchev–Trinajstić information content (AvgIpc) is 3.78. The predicted molar refractivity (Wildman–Crippen MR) is 142 cm³/mol. The van der Waals surface area contributed by atoms with Gasteiger partial charge in [0.1, 0.15) is 23.9 Å². The van der Waals surface area contributed by atoms with Gasteiger partial charge < -0.3 is 23.7 Å². The summed E-state index contributed by atoms with van der Waals surface area (Å²) >= 11 is 0. The molecule has 2 aliphatic heterocycles. The number of ketones is 1. The normalized spacial score (nSPS) is 36.6. The van der Waals surface area contributed by atoms with E-state index in [1.54, 1.807) is 80.5 Å². The van der Waals surface area contributed by atoms with Crippen LogP contribution in [0, 0.1) is 5.92 Å². The van der Waals surface area contributed by atoms with Crippen molar-refractivity contribution in [2.75, 3.05) is 0 Å². The van der Waals surface area contributed by atoms with Crippen LogP contribution in [0.15, 0.2) is 47.1 Å². The Morgan fingerprint density at radius 1 is 0.846 bits per heavy atom. The van der Waals surface area contributed by atoms with Crippen LogP contribution in [0.3, 0.4) is 0 Å². The lowest BCUT2D eigenvalue weighted by Crippen LogP contribution is -2.52. The van der Waals surface area contributed by atoms with Gasteiger partial charge in [0.25, 0.3) is 0 Å². The number of carbonyl (C=O) groups is 4. The Morgan fingerprint density at radius 3 is 1.82 bits per heavy atom. The van der Waals surface area contributed by atoms with Gasteiger partial charge in [-0.25, -0.2) is 14.4 Å². The maximum atomic E-state index is 14.0. The largest absolute Gasteiger partial charge is 0.456 e. The van der Waals surface area contributed by atoms with Gasteiger partial charge in [-0.15, -0.1) is 0 Å². The van der Waals surface area contributed by atoms with Gasteiger partial charge in [0.05, 0.1) is 12.0 Å². The molecule has 1 aliphatic carbocycles. The van der Waals surface area contributed by atoms with E-state index in [-0.39, 0.29) is 6.42 Å². The lowest BCUT2D eigenvalue weighted by atomic mass is 9.77. The highest BCUT2D eigenvalue weighted by Gasteiger charge is 2.72. The Balaban J connectivity index is 2.14. The first kappa shape index (κ1) is 30.5. The minimum Gasteiger partial charge on any atom is -0.456 e. The van der Waals surface area contributed by atoms with Crippen molar-refractivity contribution in [3.63, 3.8) is 0 Å². The third kappa shape index (κ3) is 5.79. The summed E-state index contributed by atoms with van der Waals surface area (Å²) < 4.78 is 29.7. The number of esters is 3. The fraction of sp³-hybridized carbons (Fsp3) is 0.600. The van der Waals surface area contributed by atoms with E-state index in [0.29, 0.717) is 22.3 Å². The van der Waals surface area contributed by atoms with Gasteiger partial charge in [-0.05, 0) is 62.3 Å². The molecular formula is C30H40O9. The highest BCUT2D eigenvalue weighted by molar-refractivity contribution is 5.98. The summed E-state index contributed by atoms with van der Waals surface area (Å²) in [5.74, 6) is -3.26. The Kier molecular flexibility index (Phi) is 8.77. The summed E-state index contributed by atoms with van der Waals surface area (Å²) in [6.45, 7) is 19.1. The molecule has 3 fully saturated rings. The van der Waals surface area contributed by atoms with Gasteiger partial charge in [-0.3, -0.25) is 4.79 Å². The summed E-state index contributed by atoms with van der Waals surface area (Å²) in [6.07, 6.45) is 0.378. The molecule has 8 atom stereocenters. The van der Waals surface area contributed by atoms with Crippen LogP contribution in [0.2, 0.25) is 0 Å². The molecule has 3 rings (SSSR count). The van der Waals surface area contributed by atoms with E-state index in [2.05, 4.69) is 6.58 Å². The number of carbonyl (C=O) groups excluding carboxylic acids is 4. The quantitative estimate of drug-likeness (QED) is 0.153. The molecule has 0 aromatic rings. The standard InChI is InChI=1S/C30H40O9/c1-11-16(6)26(32)35-19-14-20-29(9,38-20)24(31)22(36-27(33)17(7)12-2)21(15(4)5)23(25-30(19,10)39-25)37-28(34)18(8)13-3/h11-13,19-23,25H,4,14H2,1-3,5-10H3/b16-11-,17-12-,18-13-/t19-,20+,21+,22-,23-,25-,29+,30+/m0/s1. The maximum absolute atomic E-state index is 14.0. The molecule has 0 amide bonds. The highest BCUT2D eigenvalue weighted by Crippen LogP contribution is 2.53. The fourth-order valence-corrected chi connectivity index (χ4v) is 4.84. The van der Waals surface area contributed by atoms with Gasteiger partial charge in [0, 0.05) is 23.1 Å². The minimum atomic E-state index is -1.36. The molecule has 0 bridgehead atoms. The summed E-state index contributed by atoms with van der Waals surface area (Å²) in [5.41, 5.74) is -0.837. The lowest BCUT2D eigenvalue weighted by Gasteiger charge is -2.35. The Labute approximate surface area is 230 Å². The van der Waals surface area contributed by atoms with E-state index in [1.807, 2.05) is 0 Å². The minimum absolute atomic E-state index is 0.166. The fourth-order valence-electron chi connectivity index (χ4n) is 4.84. The molecule has 0 N–H and O–H groups in total. The van der Waals surface area contributed by atoms with Crippen LogP contribution in [0.25, 0.3) is 0 Å².